The summed E-state index contributed by atoms with van der Waals surface area (Å²) in [7, 11) is 1.94. The number of aromatic nitrogens is 2. The summed E-state index contributed by atoms with van der Waals surface area (Å²) in [4.78, 5) is 16.0. The number of ketones is 1. The van der Waals surface area contributed by atoms with Crippen molar-refractivity contribution in [2.45, 2.75) is 13.8 Å². The Balaban J connectivity index is 2.67. The van der Waals surface area contributed by atoms with Gasteiger partial charge in [0, 0.05) is 42.5 Å². The lowest BCUT2D eigenvalue weighted by molar-refractivity contribution is 0.0941. The number of hydrogen-bond donors (Lipinski definition) is 0. The van der Waals surface area contributed by atoms with E-state index in [1.165, 1.54) is 0 Å². The first kappa shape index (κ1) is 9.90. The van der Waals surface area contributed by atoms with Crippen LogP contribution in [0.1, 0.15) is 24.2 Å². The average Bonchev–Trinajstić information content (AvgIpc) is 2.56. The molecule has 0 saturated carbocycles. The number of pyridine rings is 1. The maximum Gasteiger partial charge on any atom is 0.167 e. The van der Waals surface area contributed by atoms with Crippen LogP contribution in [-0.2, 0) is 7.05 Å². The lowest BCUT2D eigenvalue weighted by atomic mass is 10.0. The van der Waals surface area contributed by atoms with Gasteiger partial charge in [0.15, 0.2) is 5.78 Å². The van der Waals surface area contributed by atoms with E-state index in [0.29, 0.717) is 0 Å². The van der Waals surface area contributed by atoms with Crippen LogP contribution in [-0.4, -0.2) is 15.3 Å². The van der Waals surface area contributed by atoms with Gasteiger partial charge in [0.25, 0.3) is 0 Å². The molecule has 0 atom stereocenters. The van der Waals surface area contributed by atoms with Gasteiger partial charge in [0.2, 0.25) is 0 Å². The Morgan fingerprint density at radius 3 is 2.87 bits per heavy atom. The molecule has 2 aromatic heterocycles. The highest BCUT2D eigenvalue weighted by molar-refractivity contribution is 6.08. The fourth-order valence-electron chi connectivity index (χ4n) is 1.74. The van der Waals surface area contributed by atoms with E-state index in [0.717, 1.165) is 16.5 Å². The fourth-order valence-corrected chi connectivity index (χ4v) is 1.74. The van der Waals surface area contributed by atoms with E-state index in [-0.39, 0.29) is 11.7 Å². The smallest absolute Gasteiger partial charge is 0.167 e. The predicted octanol–water partition coefficient (Wildman–Crippen LogP) is 2.41. The molecule has 0 aliphatic rings. The van der Waals surface area contributed by atoms with Crippen LogP contribution in [0.3, 0.4) is 0 Å². The number of hydrogen-bond acceptors (Lipinski definition) is 2. The molecule has 0 fully saturated rings. The van der Waals surface area contributed by atoms with Crippen molar-refractivity contribution in [1.82, 2.24) is 9.55 Å². The van der Waals surface area contributed by atoms with E-state index in [4.69, 9.17) is 0 Å². The molecule has 0 aliphatic carbocycles. The third-order valence-electron chi connectivity index (χ3n) is 2.58. The second-order valence-electron chi connectivity index (χ2n) is 4.07. The average molecular weight is 202 g/mol. The molecule has 2 rings (SSSR count). The van der Waals surface area contributed by atoms with Gasteiger partial charge in [0.1, 0.15) is 0 Å². The van der Waals surface area contributed by atoms with Crippen LogP contribution < -0.4 is 0 Å². The van der Waals surface area contributed by atoms with Gasteiger partial charge >= 0.3 is 0 Å². The van der Waals surface area contributed by atoms with Crippen LogP contribution in [0.5, 0.6) is 0 Å². The molecule has 0 N–H and O–H groups in total. The molecule has 3 heteroatoms. The zero-order valence-corrected chi connectivity index (χ0v) is 9.19. The van der Waals surface area contributed by atoms with E-state index < -0.39 is 0 Å². The summed E-state index contributed by atoms with van der Waals surface area (Å²) in [6.45, 7) is 3.83. The van der Waals surface area contributed by atoms with Gasteiger partial charge in [-0.2, -0.15) is 0 Å². The number of rotatable bonds is 2. The van der Waals surface area contributed by atoms with Gasteiger partial charge in [0.05, 0.1) is 5.52 Å². The minimum Gasteiger partial charge on any atom is -0.350 e. The van der Waals surface area contributed by atoms with Gasteiger partial charge in [-0.3, -0.25) is 9.78 Å². The monoisotopic (exact) mass is 202 g/mol. The molecule has 78 valence electrons. The Labute approximate surface area is 88.7 Å². The number of carbonyl (C=O) groups is 1. The molecule has 0 unspecified atom stereocenters. The first-order valence-corrected chi connectivity index (χ1v) is 5.04. The van der Waals surface area contributed by atoms with Crippen molar-refractivity contribution in [2.75, 3.05) is 0 Å². The summed E-state index contributed by atoms with van der Waals surface area (Å²) in [6.07, 6.45) is 5.38. The predicted molar refractivity (Wildman–Crippen MR) is 59.9 cm³/mol. The molecule has 3 nitrogen and oxygen atoms in total. The maximum atomic E-state index is 11.9. The summed E-state index contributed by atoms with van der Waals surface area (Å²) in [5.41, 5.74) is 1.82. The molecule has 0 spiro atoms. The van der Waals surface area contributed by atoms with Crippen LogP contribution in [0.25, 0.3) is 10.9 Å². The summed E-state index contributed by atoms with van der Waals surface area (Å²) >= 11 is 0. The van der Waals surface area contributed by atoms with Crippen LogP contribution in [0, 0.1) is 5.92 Å². The fraction of sp³-hybridized carbons (Fsp3) is 0.333. The standard InChI is InChI=1S/C12H14N2O/c1-8(2)12(15)10-7-14(3)11-4-5-13-6-9(10)11/h4-8H,1-3H3. The SMILES string of the molecule is CC(C)C(=O)c1cn(C)c2ccncc12. The van der Waals surface area contributed by atoms with Crippen molar-refractivity contribution in [1.29, 1.82) is 0 Å². The number of fused-ring (bicyclic) bond motifs is 1. The summed E-state index contributed by atoms with van der Waals surface area (Å²) < 4.78 is 1.96. The number of nitrogens with zero attached hydrogens (tertiary/aromatic N) is 2. The molecule has 0 saturated heterocycles. The van der Waals surface area contributed by atoms with E-state index >= 15 is 0 Å². The maximum absolute atomic E-state index is 11.9. The molecule has 0 aliphatic heterocycles. The van der Waals surface area contributed by atoms with Crippen molar-refractivity contribution < 1.29 is 4.79 Å². The van der Waals surface area contributed by atoms with E-state index in [9.17, 15) is 4.79 Å². The van der Waals surface area contributed by atoms with Crippen molar-refractivity contribution in [3.8, 4) is 0 Å². The Bertz CT molecular complexity index is 511. The molecule has 0 amide bonds. The second kappa shape index (κ2) is 3.50. The topological polar surface area (TPSA) is 34.9 Å². The first-order valence-electron chi connectivity index (χ1n) is 5.04. The number of aryl methyl sites for hydroxylation is 1. The quantitative estimate of drug-likeness (QED) is 0.701. The molecule has 0 radical (unpaired) electrons. The van der Waals surface area contributed by atoms with Gasteiger partial charge in [-0.25, -0.2) is 0 Å². The Hall–Kier alpha value is -1.64. The van der Waals surface area contributed by atoms with Crippen LogP contribution in [0.15, 0.2) is 24.7 Å². The minimum atomic E-state index is 0.0239. The van der Waals surface area contributed by atoms with Crippen molar-refractivity contribution >= 4 is 16.7 Å². The molecular weight excluding hydrogens is 188 g/mol. The largest absolute Gasteiger partial charge is 0.350 e. The third kappa shape index (κ3) is 1.54. The summed E-state index contributed by atoms with van der Waals surface area (Å²) in [6, 6.07) is 1.92. The zero-order chi connectivity index (χ0) is 11.0. The van der Waals surface area contributed by atoms with E-state index in [1.54, 1.807) is 12.4 Å². The van der Waals surface area contributed by atoms with E-state index in [2.05, 4.69) is 4.98 Å². The van der Waals surface area contributed by atoms with Crippen LogP contribution in [0.4, 0.5) is 0 Å². The van der Waals surface area contributed by atoms with E-state index in [1.807, 2.05) is 37.7 Å². The third-order valence-corrected chi connectivity index (χ3v) is 2.58. The van der Waals surface area contributed by atoms with Crippen molar-refractivity contribution in [3.05, 3.63) is 30.2 Å². The molecule has 2 heterocycles. The van der Waals surface area contributed by atoms with Gasteiger partial charge in [-0.15, -0.1) is 0 Å². The number of carbonyl (C=O) groups excluding carboxylic acids is 1. The second-order valence-corrected chi connectivity index (χ2v) is 4.07. The van der Waals surface area contributed by atoms with Gasteiger partial charge < -0.3 is 4.57 Å². The zero-order valence-electron chi connectivity index (χ0n) is 9.19. The normalized spacial score (nSPS) is 11.2. The van der Waals surface area contributed by atoms with Crippen LogP contribution >= 0.6 is 0 Å². The number of Topliss-reactive ketones (excluding diaryl/α,β-unsaturated/α-hetero) is 1. The highest BCUT2D eigenvalue weighted by Gasteiger charge is 2.16. The summed E-state index contributed by atoms with van der Waals surface area (Å²) in [5, 5.41) is 0.943. The highest BCUT2D eigenvalue weighted by atomic mass is 16.1. The molecule has 0 aromatic carbocycles. The highest BCUT2D eigenvalue weighted by Crippen LogP contribution is 2.21. The molecule has 0 bridgehead atoms. The van der Waals surface area contributed by atoms with Gasteiger partial charge in [-0.05, 0) is 6.07 Å². The Morgan fingerprint density at radius 1 is 1.47 bits per heavy atom. The van der Waals surface area contributed by atoms with Gasteiger partial charge in [-0.1, -0.05) is 13.8 Å². The Kier molecular flexibility index (Phi) is 2.31. The Morgan fingerprint density at radius 2 is 2.20 bits per heavy atom. The molecular formula is C12H14N2O. The van der Waals surface area contributed by atoms with Crippen molar-refractivity contribution in [2.24, 2.45) is 13.0 Å². The molecule has 2 aromatic rings. The first-order chi connectivity index (χ1) is 7.11. The molecule has 15 heavy (non-hydrogen) atoms. The lowest BCUT2D eigenvalue weighted by Gasteiger charge is -2.01. The summed E-state index contributed by atoms with van der Waals surface area (Å²) in [5.74, 6) is 0.199. The minimum absolute atomic E-state index is 0.0239. The lowest BCUT2D eigenvalue weighted by Crippen LogP contribution is -2.06. The van der Waals surface area contributed by atoms with Crippen molar-refractivity contribution in [3.63, 3.8) is 0 Å². The van der Waals surface area contributed by atoms with Crippen LogP contribution in [0.2, 0.25) is 0 Å².